The van der Waals surface area contributed by atoms with Gasteiger partial charge in [-0.3, -0.25) is 19.3 Å². The summed E-state index contributed by atoms with van der Waals surface area (Å²) in [6.45, 7) is 2.53. The van der Waals surface area contributed by atoms with Gasteiger partial charge in [-0.1, -0.05) is 11.6 Å². The molecule has 2 aromatic carbocycles. The van der Waals surface area contributed by atoms with Gasteiger partial charge in [-0.25, -0.2) is 4.79 Å². The van der Waals surface area contributed by atoms with Crippen molar-refractivity contribution in [2.45, 2.75) is 26.1 Å². The Kier molecular flexibility index (Phi) is 6.27. The minimum atomic E-state index is -4.63. The normalized spacial score (nSPS) is 13.4. The predicted octanol–water partition coefficient (Wildman–Crippen LogP) is 4.16. The molecule has 1 heterocycles. The van der Waals surface area contributed by atoms with Gasteiger partial charge in [0.15, 0.2) is 6.61 Å². The van der Waals surface area contributed by atoms with Crippen LogP contribution >= 0.6 is 11.6 Å². The third-order valence-electron chi connectivity index (χ3n) is 4.57. The van der Waals surface area contributed by atoms with E-state index in [1.165, 1.54) is 18.2 Å². The fourth-order valence-electron chi connectivity index (χ4n) is 3.05. The highest BCUT2D eigenvalue weighted by molar-refractivity contribution is 6.33. The molecule has 3 rings (SSSR count). The zero-order chi connectivity index (χ0) is 23.8. The van der Waals surface area contributed by atoms with E-state index in [0.29, 0.717) is 6.07 Å². The number of alkyl halides is 3. The van der Waals surface area contributed by atoms with Crippen molar-refractivity contribution in [3.8, 4) is 0 Å². The maximum absolute atomic E-state index is 12.8. The van der Waals surface area contributed by atoms with Crippen LogP contribution in [0.4, 0.5) is 18.9 Å². The summed E-state index contributed by atoms with van der Waals surface area (Å²) >= 11 is 5.81. The Morgan fingerprint density at radius 3 is 2.34 bits per heavy atom. The molecule has 168 valence electrons. The number of halogens is 4. The molecule has 3 amide bonds. The number of ether oxygens (including phenoxy) is 1. The lowest BCUT2D eigenvalue weighted by atomic mass is 10.1. The van der Waals surface area contributed by atoms with E-state index < -0.39 is 42.0 Å². The molecule has 0 atom stereocenters. The molecule has 0 saturated heterocycles. The number of hydrogen-bond donors (Lipinski definition) is 1. The van der Waals surface area contributed by atoms with Gasteiger partial charge in [-0.15, -0.1) is 0 Å². The summed E-state index contributed by atoms with van der Waals surface area (Å²) in [4.78, 5) is 50.1. The maximum Gasteiger partial charge on any atom is 0.416 e. The van der Waals surface area contributed by atoms with Crippen molar-refractivity contribution in [1.82, 2.24) is 4.90 Å². The van der Waals surface area contributed by atoms with Crippen LogP contribution in [0.15, 0.2) is 36.4 Å². The van der Waals surface area contributed by atoms with Crippen LogP contribution in [0.2, 0.25) is 5.02 Å². The second-order valence-electron chi connectivity index (χ2n) is 7.15. The molecule has 1 aliphatic rings. The predicted molar refractivity (Wildman–Crippen MR) is 107 cm³/mol. The van der Waals surface area contributed by atoms with Gasteiger partial charge in [0.2, 0.25) is 0 Å². The number of anilines is 1. The smallest absolute Gasteiger partial charge is 0.416 e. The van der Waals surface area contributed by atoms with E-state index in [4.69, 9.17) is 16.3 Å². The maximum atomic E-state index is 12.8. The first kappa shape index (κ1) is 23.3. The Balaban J connectivity index is 1.67. The number of carbonyl (C=O) groups excluding carboxylic acids is 4. The Morgan fingerprint density at radius 2 is 1.72 bits per heavy atom. The van der Waals surface area contributed by atoms with Crippen molar-refractivity contribution >= 4 is 41.0 Å². The van der Waals surface area contributed by atoms with Gasteiger partial charge in [0.05, 0.1) is 33.0 Å². The summed E-state index contributed by atoms with van der Waals surface area (Å²) in [6, 6.07) is 5.82. The third-order valence-corrected chi connectivity index (χ3v) is 4.90. The molecular weight excluding hydrogens is 453 g/mol. The van der Waals surface area contributed by atoms with Crippen molar-refractivity contribution in [3.05, 3.63) is 63.7 Å². The molecule has 32 heavy (non-hydrogen) atoms. The first-order chi connectivity index (χ1) is 14.9. The Labute approximate surface area is 185 Å². The highest BCUT2D eigenvalue weighted by atomic mass is 35.5. The molecule has 1 aliphatic heterocycles. The fourth-order valence-corrected chi connectivity index (χ4v) is 3.22. The number of esters is 1. The number of amides is 3. The average molecular weight is 469 g/mol. The topological polar surface area (TPSA) is 92.8 Å². The molecule has 2 aromatic rings. The average Bonchev–Trinajstić information content (AvgIpc) is 2.96. The van der Waals surface area contributed by atoms with Crippen molar-refractivity contribution in [3.63, 3.8) is 0 Å². The summed E-state index contributed by atoms with van der Waals surface area (Å²) < 4.78 is 43.3. The summed E-state index contributed by atoms with van der Waals surface area (Å²) in [5.41, 5.74) is -1.18. The van der Waals surface area contributed by atoms with E-state index in [1.54, 1.807) is 13.8 Å². The number of nitrogens with one attached hydrogen (secondary N) is 1. The number of carbonyl (C=O) groups is 4. The van der Waals surface area contributed by atoms with Gasteiger partial charge >= 0.3 is 12.1 Å². The van der Waals surface area contributed by atoms with Crippen molar-refractivity contribution in [1.29, 1.82) is 0 Å². The van der Waals surface area contributed by atoms with Crippen LogP contribution in [-0.2, 0) is 15.7 Å². The number of imide groups is 1. The van der Waals surface area contributed by atoms with E-state index in [0.717, 1.165) is 17.0 Å². The number of nitrogens with zero attached hydrogens (tertiary/aromatic N) is 1. The highest BCUT2D eigenvalue weighted by Gasteiger charge is 2.37. The van der Waals surface area contributed by atoms with Crippen LogP contribution < -0.4 is 5.32 Å². The first-order valence-electron chi connectivity index (χ1n) is 9.25. The van der Waals surface area contributed by atoms with Crippen LogP contribution in [0.25, 0.3) is 0 Å². The quantitative estimate of drug-likeness (QED) is 0.525. The lowest BCUT2D eigenvalue weighted by Crippen LogP contribution is -2.35. The monoisotopic (exact) mass is 468 g/mol. The molecule has 0 spiro atoms. The summed E-state index contributed by atoms with van der Waals surface area (Å²) in [6.07, 6.45) is -4.63. The van der Waals surface area contributed by atoms with E-state index in [9.17, 15) is 32.3 Å². The molecule has 0 saturated carbocycles. The van der Waals surface area contributed by atoms with Crippen LogP contribution in [0.1, 0.15) is 50.5 Å². The molecule has 0 bridgehead atoms. The molecule has 11 heteroatoms. The number of benzene rings is 2. The van der Waals surface area contributed by atoms with E-state index in [-0.39, 0.29) is 33.4 Å². The molecular formula is C21H16ClF3N2O5. The van der Waals surface area contributed by atoms with Gasteiger partial charge < -0.3 is 10.1 Å². The van der Waals surface area contributed by atoms with Crippen LogP contribution in [0.5, 0.6) is 0 Å². The zero-order valence-corrected chi connectivity index (χ0v) is 17.5. The van der Waals surface area contributed by atoms with Crippen LogP contribution in [-0.4, -0.2) is 41.2 Å². The zero-order valence-electron chi connectivity index (χ0n) is 16.7. The first-order valence-corrected chi connectivity index (χ1v) is 9.63. The van der Waals surface area contributed by atoms with E-state index >= 15 is 0 Å². The van der Waals surface area contributed by atoms with Gasteiger partial charge in [-0.2, -0.15) is 13.2 Å². The Morgan fingerprint density at radius 1 is 1.06 bits per heavy atom. The molecule has 0 unspecified atom stereocenters. The minimum absolute atomic E-state index is 0.0401. The third kappa shape index (κ3) is 4.59. The second kappa shape index (κ2) is 8.62. The highest BCUT2D eigenvalue weighted by Crippen LogP contribution is 2.33. The summed E-state index contributed by atoms with van der Waals surface area (Å²) in [5.74, 6) is -2.90. The molecule has 0 aliphatic carbocycles. The number of hydrogen-bond acceptors (Lipinski definition) is 5. The number of rotatable bonds is 5. The Hall–Kier alpha value is -3.40. The fraction of sp³-hybridized carbons (Fsp3) is 0.238. The van der Waals surface area contributed by atoms with Gasteiger partial charge in [0.25, 0.3) is 17.7 Å². The van der Waals surface area contributed by atoms with Crippen LogP contribution in [0, 0.1) is 0 Å². The van der Waals surface area contributed by atoms with Crippen molar-refractivity contribution in [2.24, 2.45) is 0 Å². The standard InChI is InChI=1S/C21H16ClF3N2O5/c1-10(2)27-18(29)13-5-3-11(7-14(13)19(27)30)20(31)32-9-17(28)26-16-8-12(21(23,24)25)4-6-15(16)22/h3-8,10H,9H2,1-2H3,(H,26,28). The minimum Gasteiger partial charge on any atom is -0.452 e. The van der Waals surface area contributed by atoms with E-state index in [1.807, 2.05) is 0 Å². The molecule has 1 N–H and O–H groups in total. The SMILES string of the molecule is CC(C)N1C(=O)c2ccc(C(=O)OCC(=O)Nc3cc(C(F)(F)F)ccc3Cl)cc2C1=O. The van der Waals surface area contributed by atoms with E-state index in [2.05, 4.69) is 5.32 Å². The molecule has 7 nitrogen and oxygen atoms in total. The van der Waals surface area contributed by atoms with Gasteiger partial charge in [0.1, 0.15) is 0 Å². The lowest BCUT2D eigenvalue weighted by Gasteiger charge is -2.17. The van der Waals surface area contributed by atoms with Crippen LogP contribution in [0.3, 0.4) is 0 Å². The number of fused-ring (bicyclic) bond motifs is 1. The molecule has 0 aromatic heterocycles. The van der Waals surface area contributed by atoms with Crippen molar-refractivity contribution < 1.29 is 37.1 Å². The molecule has 0 fully saturated rings. The van der Waals surface area contributed by atoms with Gasteiger partial charge in [-0.05, 0) is 50.2 Å². The Bertz CT molecular complexity index is 1130. The summed E-state index contributed by atoms with van der Waals surface area (Å²) in [5, 5.41) is 2.02. The largest absolute Gasteiger partial charge is 0.452 e. The lowest BCUT2D eigenvalue weighted by molar-refractivity contribution is -0.137. The van der Waals surface area contributed by atoms with Gasteiger partial charge in [0, 0.05) is 6.04 Å². The molecule has 0 radical (unpaired) electrons. The van der Waals surface area contributed by atoms with Crippen molar-refractivity contribution in [2.75, 3.05) is 11.9 Å². The second-order valence-corrected chi connectivity index (χ2v) is 7.56. The summed E-state index contributed by atoms with van der Waals surface area (Å²) in [7, 11) is 0.